The van der Waals surface area contributed by atoms with Crippen molar-refractivity contribution in [2.45, 2.75) is 31.8 Å². The van der Waals surface area contributed by atoms with Crippen molar-refractivity contribution >= 4 is 11.5 Å². The predicted octanol–water partition coefficient (Wildman–Crippen LogP) is 1.88. The number of anilines is 1. The number of nitro groups is 1. The molecular weight excluding hydrogens is 232 g/mol. The summed E-state index contributed by atoms with van der Waals surface area (Å²) >= 11 is 0. The Bertz CT molecular complexity index is 438. The van der Waals surface area contributed by atoms with Crippen LogP contribution in [-0.4, -0.2) is 40.5 Å². The van der Waals surface area contributed by atoms with E-state index in [1.807, 2.05) is 0 Å². The van der Waals surface area contributed by atoms with Crippen LogP contribution in [-0.2, 0) is 0 Å². The van der Waals surface area contributed by atoms with Crippen molar-refractivity contribution in [2.24, 2.45) is 0 Å². The summed E-state index contributed by atoms with van der Waals surface area (Å²) in [6.45, 7) is 3.22. The van der Waals surface area contributed by atoms with Gasteiger partial charge in [0.15, 0.2) is 0 Å². The molecule has 0 amide bonds. The summed E-state index contributed by atoms with van der Waals surface area (Å²) < 4.78 is 0. The van der Waals surface area contributed by atoms with Crippen LogP contribution in [0.25, 0.3) is 0 Å². The fourth-order valence-electron chi connectivity index (χ4n) is 2.24. The van der Waals surface area contributed by atoms with Crippen LogP contribution in [0.15, 0.2) is 18.3 Å². The third-order valence-electron chi connectivity index (χ3n) is 3.51. The molecule has 0 radical (unpaired) electrons. The number of pyridine rings is 1. The maximum atomic E-state index is 10.7. The van der Waals surface area contributed by atoms with Gasteiger partial charge in [0, 0.05) is 30.9 Å². The lowest BCUT2D eigenvalue weighted by Gasteiger charge is -2.35. The van der Waals surface area contributed by atoms with Crippen molar-refractivity contribution in [2.75, 3.05) is 18.9 Å². The molecule has 0 saturated carbocycles. The van der Waals surface area contributed by atoms with Gasteiger partial charge in [-0.3, -0.25) is 10.1 Å². The van der Waals surface area contributed by atoms with Gasteiger partial charge >= 0.3 is 0 Å². The van der Waals surface area contributed by atoms with Crippen molar-refractivity contribution in [3.8, 4) is 0 Å². The van der Waals surface area contributed by atoms with E-state index >= 15 is 0 Å². The van der Waals surface area contributed by atoms with Gasteiger partial charge in [-0.25, -0.2) is 4.98 Å². The van der Waals surface area contributed by atoms with Gasteiger partial charge in [0.25, 0.3) is 5.69 Å². The molecule has 1 saturated heterocycles. The molecule has 6 heteroatoms. The molecule has 2 unspecified atom stereocenters. The van der Waals surface area contributed by atoms with Crippen LogP contribution in [0.3, 0.4) is 0 Å². The van der Waals surface area contributed by atoms with E-state index in [0.29, 0.717) is 17.9 Å². The quantitative estimate of drug-likeness (QED) is 0.655. The fourth-order valence-corrected chi connectivity index (χ4v) is 2.24. The number of likely N-dealkylation sites (tertiary alicyclic amines) is 1. The van der Waals surface area contributed by atoms with Crippen molar-refractivity contribution in [1.82, 2.24) is 9.88 Å². The molecule has 1 aliphatic rings. The van der Waals surface area contributed by atoms with Crippen molar-refractivity contribution in [1.29, 1.82) is 0 Å². The summed E-state index contributed by atoms with van der Waals surface area (Å²) in [6, 6.07) is 3.76. The molecule has 0 bridgehead atoms. The number of nitrogens with zero attached hydrogens (tertiary/aromatic N) is 3. The van der Waals surface area contributed by atoms with Crippen molar-refractivity contribution in [3.63, 3.8) is 0 Å². The molecule has 1 aromatic rings. The Labute approximate surface area is 106 Å². The predicted molar refractivity (Wildman–Crippen MR) is 69.6 cm³/mol. The second kappa shape index (κ2) is 5.30. The number of piperidine rings is 1. The molecule has 6 nitrogen and oxygen atoms in total. The Morgan fingerprint density at radius 1 is 1.61 bits per heavy atom. The van der Waals surface area contributed by atoms with E-state index in [1.54, 1.807) is 0 Å². The third kappa shape index (κ3) is 2.95. The van der Waals surface area contributed by atoms with Gasteiger partial charge < -0.3 is 10.2 Å². The fraction of sp³-hybridized carbons (Fsp3) is 0.583. The number of aromatic nitrogens is 1. The molecular formula is C12H18N4O2. The lowest BCUT2D eigenvalue weighted by molar-refractivity contribution is -0.384. The first-order valence-corrected chi connectivity index (χ1v) is 6.13. The molecule has 0 aromatic carbocycles. The van der Waals surface area contributed by atoms with E-state index in [-0.39, 0.29) is 5.69 Å². The van der Waals surface area contributed by atoms with Crippen LogP contribution >= 0.6 is 0 Å². The summed E-state index contributed by atoms with van der Waals surface area (Å²) in [7, 11) is 2.12. The van der Waals surface area contributed by atoms with E-state index < -0.39 is 4.92 Å². The second-order valence-corrected chi connectivity index (χ2v) is 4.85. The number of hydrogen-bond acceptors (Lipinski definition) is 5. The van der Waals surface area contributed by atoms with Gasteiger partial charge in [0.1, 0.15) is 5.82 Å². The van der Waals surface area contributed by atoms with Crippen LogP contribution in [0.1, 0.15) is 19.8 Å². The lowest BCUT2D eigenvalue weighted by Crippen LogP contribution is -2.42. The van der Waals surface area contributed by atoms with Crippen LogP contribution in [0.5, 0.6) is 0 Å². The van der Waals surface area contributed by atoms with E-state index in [2.05, 4.69) is 29.2 Å². The van der Waals surface area contributed by atoms with E-state index in [9.17, 15) is 10.1 Å². The zero-order valence-corrected chi connectivity index (χ0v) is 10.7. The minimum atomic E-state index is -0.399. The Balaban J connectivity index is 2.01. The Kier molecular flexibility index (Phi) is 3.76. The van der Waals surface area contributed by atoms with Gasteiger partial charge in [0.05, 0.1) is 11.0 Å². The van der Waals surface area contributed by atoms with E-state index in [1.165, 1.54) is 18.3 Å². The number of hydrogen-bond donors (Lipinski definition) is 1. The molecule has 2 heterocycles. The average molecular weight is 250 g/mol. The topological polar surface area (TPSA) is 71.3 Å². The molecule has 0 spiro atoms. The first kappa shape index (κ1) is 12.8. The normalized spacial score (nSPS) is 24.8. The minimum absolute atomic E-state index is 0.0773. The highest BCUT2D eigenvalue weighted by atomic mass is 16.6. The zero-order chi connectivity index (χ0) is 13.1. The molecule has 98 valence electrons. The maximum absolute atomic E-state index is 10.7. The Morgan fingerprint density at radius 3 is 3.06 bits per heavy atom. The first-order chi connectivity index (χ1) is 8.56. The second-order valence-electron chi connectivity index (χ2n) is 4.85. The Hall–Kier alpha value is -1.69. The van der Waals surface area contributed by atoms with Gasteiger partial charge in [-0.15, -0.1) is 0 Å². The van der Waals surface area contributed by atoms with Gasteiger partial charge in [0.2, 0.25) is 0 Å². The third-order valence-corrected chi connectivity index (χ3v) is 3.51. The number of nitrogens with one attached hydrogen (secondary N) is 1. The highest BCUT2D eigenvalue weighted by Gasteiger charge is 2.23. The summed E-state index contributed by atoms with van der Waals surface area (Å²) in [6.07, 6.45) is 3.53. The smallest absolute Gasteiger partial charge is 0.274 e. The van der Waals surface area contributed by atoms with Crippen LogP contribution in [0.4, 0.5) is 11.5 Å². The SMILES string of the molecule is CC1CC(Nc2cc([N+](=O)[O-])ccn2)CCN1C. The molecule has 2 rings (SSSR count). The largest absolute Gasteiger partial charge is 0.367 e. The molecule has 18 heavy (non-hydrogen) atoms. The first-order valence-electron chi connectivity index (χ1n) is 6.13. The highest BCUT2D eigenvalue weighted by Crippen LogP contribution is 2.20. The van der Waals surface area contributed by atoms with Crippen LogP contribution in [0.2, 0.25) is 0 Å². The maximum Gasteiger partial charge on any atom is 0.274 e. The van der Waals surface area contributed by atoms with Gasteiger partial charge in [-0.05, 0) is 26.8 Å². The van der Waals surface area contributed by atoms with Crippen molar-refractivity contribution in [3.05, 3.63) is 28.4 Å². The summed E-state index contributed by atoms with van der Waals surface area (Å²) in [5.41, 5.74) is 0.0773. The summed E-state index contributed by atoms with van der Waals surface area (Å²) in [4.78, 5) is 16.7. The molecule has 1 fully saturated rings. The monoisotopic (exact) mass is 250 g/mol. The average Bonchev–Trinajstić information content (AvgIpc) is 2.34. The minimum Gasteiger partial charge on any atom is -0.367 e. The van der Waals surface area contributed by atoms with Crippen molar-refractivity contribution < 1.29 is 4.92 Å². The zero-order valence-electron chi connectivity index (χ0n) is 10.7. The van der Waals surface area contributed by atoms with Gasteiger partial charge in [-0.1, -0.05) is 0 Å². The molecule has 0 aliphatic carbocycles. The lowest BCUT2D eigenvalue weighted by atomic mass is 9.99. The molecule has 1 N–H and O–H groups in total. The standard InChI is InChI=1S/C12H18N4O2/c1-9-7-10(4-6-15(9)2)14-12-8-11(16(17)18)3-5-13-12/h3,5,8-10H,4,6-7H2,1-2H3,(H,13,14). The van der Waals surface area contributed by atoms with Crippen LogP contribution in [0, 0.1) is 10.1 Å². The molecule has 1 aliphatic heterocycles. The van der Waals surface area contributed by atoms with E-state index in [0.717, 1.165) is 19.4 Å². The van der Waals surface area contributed by atoms with E-state index in [4.69, 9.17) is 0 Å². The Morgan fingerprint density at radius 2 is 2.39 bits per heavy atom. The van der Waals surface area contributed by atoms with Crippen LogP contribution < -0.4 is 5.32 Å². The highest BCUT2D eigenvalue weighted by molar-refractivity contribution is 5.44. The van der Waals surface area contributed by atoms with Gasteiger partial charge in [-0.2, -0.15) is 0 Å². The molecule has 2 atom stereocenters. The number of rotatable bonds is 3. The molecule has 1 aromatic heterocycles. The summed E-state index contributed by atoms with van der Waals surface area (Å²) in [5.74, 6) is 0.589. The summed E-state index contributed by atoms with van der Waals surface area (Å²) in [5, 5.41) is 14.0.